The van der Waals surface area contributed by atoms with Crippen LogP contribution in [0.2, 0.25) is 0 Å². The van der Waals surface area contributed by atoms with Gasteiger partial charge in [0.25, 0.3) is 0 Å². The number of amides is 1. The average molecular weight is 179 g/mol. The third-order valence-electron chi connectivity index (χ3n) is 3.11. The van der Waals surface area contributed by atoms with Gasteiger partial charge in [-0.3, -0.25) is 4.79 Å². The minimum Gasteiger partial charge on any atom is -0.350 e. The van der Waals surface area contributed by atoms with E-state index in [0.29, 0.717) is 17.9 Å². The maximum Gasteiger partial charge on any atom is 0.243 e. The van der Waals surface area contributed by atoms with Crippen molar-refractivity contribution in [1.29, 1.82) is 0 Å². The SMILES string of the molecule is CC1CC1NC(=O)/C=C/C1CCC1. The molecule has 0 aliphatic heterocycles. The summed E-state index contributed by atoms with van der Waals surface area (Å²) in [4.78, 5) is 11.3. The van der Waals surface area contributed by atoms with Crippen LogP contribution in [0, 0.1) is 11.8 Å². The normalized spacial score (nSPS) is 33.0. The second-order valence-corrected chi connectivity index (χ2v) is 4.38. The lowest BCUT2D eigenvalue weighted by molar-refractivity contribution is -0.116. The van der Waals surface area contributed by atoms with Gasteiger partial charge in [0.1, 0.15) is 0 Å². The highest BCUT2D eigenvalue weighted by Crippen LogP contribution is 2.29. The molecule has 2 atom stereocenters. The number of nitrogens with one attached hydrogen (secondary N) is 1. The average Bonchev–Trinajstić information content (AvgIpc) is 2.63. The largest absolute Gasteiger partial charge is 0.350 e. The van der Waals surface area contributed by atoms with E-state index >= 15 is 0 Å². The smallest absolute Gasteiger partial charge is 0.243 e. The molecule has 0 radical (unpaired) electrons. The molecule has 2 fully saturated rings. The van der Waals surface area contributed by atoms with Crippen molar-refractivity contribution in [2.24, 2.45) is 11.8 Å². The van der Waals surface area contributed by atoms with Gasteiger partial charge >= 0.3 is 0 Å². The first-order valence-electron chi connectivity index (χ1n) is 5.24. The summed E-state index contributed by atoms with van der Waals surface area (Å²) in [7, 11) is 0. The van der Waals surface area contributed by atoms with Crippen LogP contribution < -0.4 is 5.32 Å². The Morgan fingerprint density at radius 3 is 2.62 bits per heavy atom. The standard InChI is InChI=1S/C11H17NO/c1-8-7-10(8)12-11(13)6-5-9-3-2-4-9/h5-6,8-10H,2-4,7H2,1H3,(H,12,13)/b6-5+. The third kappa shape index (κ3) is 2.33. The molecule has 2 heteroatoms. The predicted molar refractivity (Wildman–Crippen MR) is 52.2 cm³/mol. The summed E-state index contributed by atoms with van der Waals surface area (Å²) in [6.45, 7) is 2.17. The van der Waals surface area contributed by atoms with Crippen LogP contribution in [0.25, 0.3) is 0 Å². The lowest BCUT2D eigenvalue weighted by Crippen LogP contribution is -2.24. The van der Waals surface area contributed by atoms with E-state index in [0.717, 1.165) is 6.42 Å². The molecular weight excluding hydrogens is 162 g/mol. The van der Waals surface area contributed by atoms with Crippen LogP contribution in [-0.4, -0.2) is 11.9 Å². The summed E-state index contributed by atoms with van der Waals surface area (Å²) in [6, 6.07) is 0.457. The summed E-state index contributed by atoms with van der Waals surface area (Å²) < 4.78 is 0. The molecule has 1 amide bonds. The highest BCUT2D eigenvalue weighted by atomic mass is 16.1. The quantitative estimate of drug-likeness (QED) is 0.658. The van der Waals surface area contributed by atoms with E-state index in [2.05, 4.69) is 18.3 Å². The molecule has 2 unspecified atom stereocenters. The Bertz CT molecular complexity index is 230. The lowest BCUT2D eigenvalue weighted by Gasteiger charge is -2.21. The molecule has 2 aliphatic carbocycles. The Morgan fingerprint density at radius 2 is 2.15 bits per heavy atom. The van der Waals surface area contributed by atoms with Crippen molar-refractivity contribution in [2.75, 3.05) is 0 Å². The van der Waals surface area contributed by atoms with Gasteiger partial charge in [-0.15, -0.1) is 0 Å². The lowest BCUT2D eigenvalue weighted by atomic mass is 9.85. The number of allylic oxidation sites excluding steroid dienone is 1. The van der Waals surface area contributed by atoms with Crippen LogP contribution in [-0.2, 0) is 4.79 Å². The Labute approximate surface area is 79.4 Å². The Balaban J connectivity index is 1.68. The molecule has 13 heavy (non-hydrogen) atoms. The molecule has 0 aromatic rings. The number of hydrogen-bond acceptors (Lipinski definition) is 1. The van der Waals surface area contributed by atoms with E-state index < -0.39 is 0 Å². The second-order valence-electron chi connectivity index (χ2n) is 4.38. The highest BCUT2D eigenvalue weighted by molar-refractivity contribution is 5.88. The molecule has 0 heterocycles. The molecule has 2 nitrogen and oxygen atoms in total. The second kappa shape index (κ2) is 3.52. The van der Waals surface area contributed by atoms with Crippen molar-refractivity contribution in [2.45, 2.75) is 38.6 Å². The minimum absolute atomic E-state index is 0.0984. The van der Waals surface area contributed by atoms with Crippen molar-refractivity contribution in [1.82, 2.24) is 5.32 Å². The predicted octanol–water partition coefficient (Wildman–Crippen LogP) is 1.87. The van der Waals surface area contributed by atoms with E-state index in [1.165, 1.54) is 19.3 Å². The van der Waals surface area contributed by atoms with Crippen LogP contribution in [0.3, 0.4) is 0 Å². The van der Waals surface area contributed by atoms with E-state index in [1.54, 1.807) is 6.08 Å². The fourth-order valence-corrected chi connectivity index (χ4v) is 1.61. The van der Waals surface area contributed by atoms with Gasteiger partial charge < -0.3 is 5.32 Å². The van der Waals surface area contributed by atoms with Gasteiger partial charge in [0.2, 0.25) is 5.91 Å². The minimum atomic E-state index is 0.0984. The van der Waals surface area contributed by atoms with E-state index in [-0.39, 0.29) is 5.91 Å². The van der Waals surface area contributed by atoms with Crippen molar-refractivity contribution in [3.8, 4) is 0 Å². The molecule has 1 N–H and O–H groups in total. The zero-order valence-corrected chi connectivity index (χ0v) is 8.12. The van der Waals surface area contributed by atoms with Crippen LogP contribution in [0.15, 0.2) is 12.2 Å². The molecule has 0 spiro atoms. The first-order valence-corrected chi connectivity index (χ1v) is 5.24. The monoisotopic (exact) mass is 179 g/mol. The summed E-state index contributed by atoms with van der Waals surface area (Å²) in [5.74, 6) is 1.48. The van der Waals surface area contributed by atoms with Crippen LogP contribution in [0.4, 0.5) is 0 Å². The summed E-state index contributed by atoms with van der Waals surface area (Å²) in [5, 5.41) is 2.98. The van der Waals surface area contributed by atoms with Crippen molar-refractivity contribution < 1.29 is 4.79 Å². The van der Waals surface area contributed by atoms with Crippen LogP contribution in [0.1, 0.15) is 32.6 Å². The number of carbonyl (C=O) groups is 1. The summed E-state index contributed by atoms with van der Waals surface area (Å²) in [5.41, 5.74) is 0. The maximum atomic E-state index is 11.3. The van der Waals surface area contributed by atoms with Crippen molar-refractivity contribution in [3.63, 3.8) is 0 Å². The Kier molecular flexibility index (Phi) is 2.38. The molecule has 72 valence electrons. The van der Waals surface area contributed by atoms with Crippen LogP contribution in [0.5, 0.6) is 0 Å². The topological polar surface area (TPSA) is 29.1 Å². The molecule has 0 aromatic heterocycles. The zero-order chi connectivity index (χ0) is 9.26. The van der Waals surface area contributed by atoms with Gasteiger partial charge in [-0.25, -0.2) is 0 Å². The van der Waals surface area contributed by atoms with Gasteiger partial charge in [0, 0.05) is 6.04 Å². The summed E-state index contributed by atoms with van der Waals surface area (Å²) in [6.07, 6.45) is 8.80. The number of rotatable bonds is 3. The fraction of sp³-hybridized carbons (Fsp3) is 0.727. The molecule has 2 aliphatic rings. The van der Waals surface area contributed by atoms with Crippen LogP contribution >= 0.6 is 0 Å². The van der Waals surface area contributed by atoms with Gasteiger partial charge in [-0.1, -0.05) is 19.4 Å². The van der Waals surface area contributed by atoms with E-state index in [4.69, 9.17) is 0 Å². The van der Waals surface area contributed by atoms with Gasteiger partial charge in [-0.05, 0) is 37.2 Å². The molecule has 0 saturated heterocycles. The van der Waals surface area contributed by atoms with Gasteiger partial charge in [0.05, 0.1) is 0 Å². The molecule has 0 aromatic carbocycles. The van der Waals surface area contributed by atoms with E-state index in [1.807, 2.05) is 0 Å². The molecular formula is C11H17NO. The Hall–Kier alpha value is -0.790. The molecule has 2 rings (SSSR count). The third-order valence-corrected chi connectivity index (χ3v) is 3.11. The maximum absolute atomic E-state index is 11.3. The molecule has 2 saturated carbocycles. The zero-order valence-electron chi connectivity index (χ0n) is 8.12. The molecule has 0 bridgehead atoms. The fourth-order valence-electron chi connectivity index (χ4n) is 1.61. The number of hydrogen-bond donors (Lipinski definition) is 1. The van der Waals surface area contributed by atoms with Gasteiger partial charge in [-0.2, -0.15) is 0 Å². The number of carbonyl (C=O) groups excluding carboxylic acids is 1. The Morgan fingerprint density at radius 1 is 1.46 bits per heavy atom. The summed E-state index contributed by atoms with van der Waals surface area (Å²) >= 11 is 0. The highest BCUT2D eigenvalue weighted by Gasteiger charge is 2.33. The van der Waals surface area contributed by atoms with Crippen molar-refractivity contribution in [3.05, 3.63) is 12.2 Å². The first kappa shape index (κ1) is 8.79. The van der Waals surface area contributed by atoms with Crippen molar-refractivity contribution >= 4 is 5.91 Å². The van der Waals surface area contributed by atoms with Gasteiger partial charge in [0.15, 0.2) is 0 Å². The first-order chi connectivity index (χ1) is 6.25. The van der Waals surface area contributed by atoms with E-state index in [9.17, 15) is 4.79 Å².